The molecule has 0 aliphatic carbocycles. The maximum absolute atomic E-state index is 11.8. The topological polar surface area (TPSA) is 67.2 Å². The molecule has 0 saturated heterocycles. The van der Waals surface area contributed by atoms with E-state index in [0.717, 1.165) is 5.69 Å². The number of aromatic hydroxyl groups is 1. The lowest BCUT2D eigenvalue weighted by molar-refractivity contribution is 0.0951. The fraction of sp³-hybridized carbons (Fsp3) is 0.231. The first-order chi connectivity index (χ1) is 9.06. The highest BCUT2D eigenvalue weighted by atomic mass is 35.5. The average molecular weight is 280 g/mol. The molecule has 1 aromatic heterocycles. The molecular weight excluding hydrogens is 266 g/mol. The summed E-state index contributed by atoms with van der Waals surface area (Å²) >= 11 is 5.71. The standard InChI is InChI=1S/C13H14ClN3O2/c1-17-7-5-10(16-17)4-6-15-13(19)11-3-2-9(14)8-12(11)18/h2-3,5,7-8,18H,4,6H2,1H3,(H,15,19). The molecular formula is C13H14ClN3O2. The van der Waals surface area contributed by atoms with E-state index in [-0.39, 0.29) is 17.2 Å². The minimum atomic E-state index is -0.329. The van der Waals surface area contributed by atoms with Crippen LogP contribution in [0.15, 0.2) is 30.5 Å². The molecule has 5 nitrogen and oxygen atoms in total. The van der Waals surface area contributed by atoms with Crippen LogP contribution in [0.4, 0.5) is 0 Å². The molecule has 0 saturated carbocycles. The monoisotopic (exact) mass is 279 g/mol. The first-order valence-corrected chi connectivity index (χ1v) is 6.19. The number of halogens is 1. The third-order valence-corrected chi connectivity index (χ3v) is 2.88. The molecule has 100 valence electrons. The van der Waals surface area contributed by atoms with E-state index in [1.54, 1.807) is 10.7 Å². The number of nitrogens with zero attached hydrogens (tertiary/aromatic N) is 2. The number of carbonyl (C=O) groups is 1. The van der Waals surface area contributed by atoms with Crippen LogP contribution in [-0.4, -0.2) is 27.3 Å². The normalized spacial score (nSPS) is 10.4. The molecule has 2 aromatic rings. The maximum atomic E-state index is 11.8. The first-order valence-electron chi connectivity index (χ1n) is 5.81. The highest BCUT2D eigenvalue weighted by Gasteiger charge is 2.10. The van der Waals surface area contributed by atoms with E-state index in [1.807, 2.05) is 19.3 Å². The van der Waals surface area contributed by atoms with E-state index in [9.17, 15) is 9.90 Å². The largest absolute Gasteiger partial charge is 0.507 e. The number of hydrogen-bond donors (Lipinski definition) is 2. The Labute approximate surface area is 115 Å². The van der Waals surface area contributed by atoms with Gasteiger partial charge in [0.2, 0.25) is 0 Å². The van der Waals surface area contributed by atoms with Crippen LogP contribution >= 0.6 is 11.6 Å². The molecule has 0 fully saturated rings. The molecule has 6 heteroatoms. The third-order valence-electron chi connectivity index (χ3n) is 2.64. The molecule has 0 radical (unpaired) electrons. The highest BCUT2D eigenvalue weighted by Crippen LogP contribution is 2.21. The van der Waals surface area contributed by atoms with Gasteiger partial charge in [-0.25, -0.2) is 0 Å². The Morgan fingerprint density at radius 2 is 2.26 bits per heavy atom. The molecule has 0 bridgehead atoms. The van der Waals surface area contributed by atoms with Crippen LogP contribution in [0.3, 0.4) is 0 Å². The van der Waals surface area contributed by atoms with Gasteiger partial charge in [0.05, 0.1) is 11.3 Å². The zero-order valence-electron chi connectivity index (χ0n) is 10.4. The highest BCUT2D eigenvalue weighted by molar-refractivity contribution is 6.30. The van der Waals surface area contributed by atoms with Crippen molar-refractivity contribution < 1.29 is 9.90 Å². The van der Waals surface area contributed by atoms with E-state index < -0.39 is 0 Å². The summed E-state index contributed by atoms with van der Waals surface area (Å²) in [7, 11) is 1.84. The third kappa shape index (κ3) is 3.48. The predicted molar refractivity (Wildman–Crippen MR) is 72.4 cm³/mol. The second-order valence-corrected chi connectivity index (χ2v) is 4.58. The number of benzene rings is 1. The second kappa shape index (κ2) is 5.75. The summed E-state index contributed by atoms with van der Waals surface area (Å²) in [5.74, 6) is -0.451. The van der Waals surface area contributed by atoms with Crippen LogP contribution < -0.4 is 5.32 Å². The van der Waals surface area contributed by atoms with Gasteiger partial charge in [-0.15, -0.1) is 0 Å². The lowest BCUT2D eigenvalue weighted by atomic mass is 10.2. The molecule has 1 aromatic carbocycles. The minimum absolute atomic E-state index is 0.122. The molecule has 0 spiro atoms. The summed E-state index contributed by atoms with van der Waals surface area (Å²) in [4.78, 5) is 11.8. The van der Waals surface area contributed by atoms with Gasteiger partial charge in [-0.1, -0.05) is 11.6 Å². The summed E-state index contributed by atoms with van der Waals surface area (Å²) in [5.41, 5.74) is 1.12. The summed E-state index contributed by atoms with van der Waals surface area (Å²) < 4.78 is 1.71. The SMILES string of the molecule is Cn1ccc(CCNC(=O)c2ccc(Cl)cc2O)n1. The number of aromatic nitrogens is 2. The molecule has 1 heterocycles. The number of aryl methyl sites for hydroxylation is 1. The number of phenols is 1. The van der Waals surface area contributed by atoms with E-state index in [4.69, 9.17) is 11.6 Å². The molecule has 19 heavy (non-hydrogen) atoms. The van der Waals surface area contributed by atoms with Crippen molar-refractivity contribution in [3.8, 4) is 5.75 Å². The lowest BCUT2D eigenvalue weighted by Gasteiger charge is -2.06. The smallest absolute Gasteiger partial charge is 0.255 e. The van der Waals surface area contributed by atoms with Gasteiger partial charge in [0.15, 0.2) is 0 Å². The van der Waals surface area contributed by atoms with Gasteiger partial charge in [0.25, 0.3) is 5.91 Å². The van der Waals surface area contributed by atoms with Crippen LogP contribution in [0, 0.1) is 0 Å². The van der Waals surface area contributed by atoms with E-state index in [1.165, 1.54) is 12.1 Å². The Morgan fingerprint density at radius 1 is 1.47 bits per heavy atom. The minimum Gasteiger partial charge on any atom is -0.507 e. The average Bonchev–Trinajstić information content (AvgIpc) is 2.75. The van der Waals surface area contributed by atoms with Gasteiger partial charge in [-0.05, 0) is 24.3 Å². The fourth-order valence-electron chi connectivity index (χ4n) is 1.69. The number of rotatable bonds is 4. The summed E-state index contributed by atoms with van der Waals surface area (Å²) in [5, 5.41) is 16.9. The van der Waals surface area contributed by atoms with E-state index in [2.05, 4.69) is 10.4 Å². The van der Waals surface area contributed by atoms with Crippen molar-refractivity contribution in [3.63, 3.8) is 0 Å². The number of carbonyl (C=O) groups excluding carboxylic acids is 1. The van der Waals surface area contributed by atoms with Gasteiger partial charge >= 0.3 is 0 Å². The van der Waals surface area contributed by atoms with Crippen molar-refractivity contribution in [2.75, 3.05) is 6.54 Å². The van der Waals surface area contributed by atoms with Crippen LogP contribution in [0.2, 0.25) is 5.02 Å². The first kappa shape index (κ1) is 13.4. The Bertz CT molecular complexity index is 595. The fourth-order valence-corrected chi connectivity index (χ4v) is 1.86. The molecule has 2 rings (SSSR count). The second-order valence-electron chi connectivity index (χ2n) is 4.15. The number of phenolic OH excluding ortho intramolecular Hbond substituents is 1. The molecule has 1 amide bonds. The lowest BCUT2D eigenvalue weighted by Crippen LogP contribution is -2.25. The Kier molecular flexibility index (Phi) is 4.06. The van der Waals surface area contributed by atoms with Crippen molar-refractivity contribution in [1.29, 1.82) is 0 Å². The van der Waals surface area contributed by atoms with Crippen molar-refractivity contribution in [2.24, 2.45) is 7.05 Å². The van der Waals surface area contributed by atoms with Crippen LogP contribution in [0.5, 0.6) is 5.75 Å². The summed E-state index contributed by atoms with van der Waals surface area (Å²) in [6.45, 7) is 0.456. The zero-order valence-corrected chi connectivity index (χ0v) is 11.2. The molecule has 2 N–H and O–H groups in total. The van der Waals surface area contributed by atoms with Gasteiger partial charge in [-0.2, -0.15) is 5.10 Å². The number of hydrogen-bond acceptors (Lipinski definition) is 3. The van der Waals surface area contributed by atoms with Gasteiger partial charge in [0, 0.05) is 31.2 Å². The Morgan fingerprint density at radius 3 is 2.89 bits per heavy atom. The van der Waals surface area contributed by atoms with Gasteiger partial charge in [-0.3, -0.25) is 9.48 Å². The molecule has 0 aliphatic rings. The Hall–Kier alpha value is -2.01. The maximum Gasteiger partial charge on any atom is 0.255 e. The van der Waals surface area contributed by atoms with Crippen molar-refractivity contribution in [2.45, 2.75) is 6.42 Å². The van der Waals surface area contributed by atoms with Crippen LogP contribution in [0.25, 0.3) is 0 Å². The Balaban J connectivity index is 1.90. The zero-order chi connectivity index (χ0) is 13.8. The molecule has 0 aliphatic heterocycles. The molecule has 0 unspecified atom stereocenters. The van der Waals surface area contributed by atoms with Crippen molar-refractivity contribution in [1.82, 2.24) is 15.1 Å². The number of amides is 1. The van der Waals surface area contributed by atoms with E-state index in [0.29, 0.717) is 18.0 Å². The quantitative estimate of drug-likeness (QED) is 0.896. The van der Waals surface area contributed by atoms with Crippen molar-refractivity contribution >= 4 is 17.5 Å². The van der Waals surface area contributed by atoms with Crippen molar-refractivity contribution in [3.05, 3.63) is 46.7 Å². The van der Waals surface area contributed by atoms with E-state index >= 15 is 0 Å². The van der Waals surface area contributed by atoms with Crippen LogP contribution in [0.1, 0.15) is 16.1 Å². The summed E-state index contributed by atoms with van der Waals surface area (Å²) in [6.07, 6.45) is 2.49. The van der Waals surface area contributed by atoms with Gasteiger partial charge < -0.3 is 10.4 Å². The molecule has 0 atom stereocenters. The van der Waals surface area contributed by atoms with Gasteiger partial charge in [0.1, 0.15) is 5.75 Å². The summed E-state index contributed by atoms with van der Waals surface area (Å²) in [6, 6.07) is 6.30. The predicted octanol–water partition coefficient (Wildman–Crippen LogP) is 1.75. The number of nitrogens with one attached hydrogen (secondary N) is 1. The van der Waals surface area contributed by atoms with Crippen LogP contribution in [-0.2, 0) is 13.5 Å².